The Morgan fingerprint density at radius 1 is 1.03 bits per heavy atom. The van der Waals surface area contributed by atoms with Gasteiger partial charge in [-0.25, -0.2) is 9.37 Å². The maximum Gasteiger partial charge on any atom is 0.214 e. The summed E-state index contributed by atoms with van der Waals surface area (Å²) in [4.78, 5) is 17.9. The first-order valence-corrected chi connectivity index (χ1v) is 11.5. The van der Waals surface area contributed by atoms with Crippen LogP contribution in [-0.4, -0.2) is 42.9 Å². The first kappa shape index (κ1) is 25.4. The van der Waals surface area contributed by atoms with E-state index in [0.29, 0.717) is 36.5 Å². The van der Waals surface area contributed by atoms with Crippen LogP contribution in [0.5, 0.6) is 11.6 Å². The second kappa shape index (κ2) is 11.7. The van der Waals surface area contributed by atoms with Gasteiger partial charge in [-0.15, -0.1) is 0 Å². The minimum Gasteiger partial charge on any atom is -0.492 e. The Bertz CT molecular complexity index is 1120. The van der Waals surface area contributed by atoms with Gasteiger partial charge in [-0.1, -0.05) is 18.2 Å². The Morgan fingerprint density at radius 2 is 1.76 bits per heavy atom. The van der Waals surface area contributed by atoms with Crippen molar-refractivity contribution in [2.45, 2.75) is 40.2 Å². The fraction of sp³-hybridized carbons (Fsp3) is 0.357. The van der Waals surface area contributed by atoms with Crippen molar-refractivity contribution in [3.05, 3.63) is 76.6 Å². The van der Waals surface area contributed by atoms with Crippen LogP contribution < -0.4 is 9.47 Å². The smallest absolute Gasteiger partial charge is 0.214 e. The molecule has 3 rings (SSSR count). The third-order valence-corrected chi connectivity index (χ3v) is 5.54. The molecule has 0 aliphatic heterocycles. The van der Waals surface area contributed by atoms with Gasteiger partial charge in [-0.05, 0) is 87.8 Å². The van der Waals surface area contributed by atoms with Gasteiger partial charge >= 0.3 is 0 Å². The molecule has 0 bridgehead atoms. The number of hydrogen-bond donors (Lipinski definition) is 0. The zero-order valence-corrected chi connectivity index (χ0v) is 20.7. The van der Waals surface area contributed by atoms with E-state index in [4.69, 9.17) is 9.47 Å². The molecule has 0 unspecified atom stereocenters. The van der Waals surface area contributed by atoms with Crippen molar-refractivity contribution in [1.82, 2.24) is 9.88 Å². The molecule has 1 heterocycles. The first-order chi connectivity index (χ1) is 16.2. The maximum absolute atomic E-state index is 14.4. The Hall–Kier alpha value is -3.25. The van der Waals surface area contributed by atoms with Crippen LogP contribution in [-0.2, 0) is 17.8 Å². The number of carbonyl (C=O) groups is 1. The number of Topliss-reactive ketones (excluding diaryl/α,β-unsaturated/α-hetero) is 1. The van der Waals surface area contributed by atoms with E-state index in [1.54, 1.807) is 12.1 Å². The molecule has 0 spiro atoms. The van der Waals surface area contributed by atoms with E-state index in [-0.39, 0.29) is 18.2 Å². The SMILES string of the molecule is CC(=O)CCc1ccc(COc2cccc(-c3c(C)cc(OCCN(C)C)cc3C)n2)cc1F. The lowest BCUT2D eigenvalue weighted by Gasteiger charge is -2.15. The van der Waals surface area contributed by atoms with Gasteiger partial charge < -0.3 is 19.2 Å². The van der Waals surface area contributed by atoms with E-state index < -0.39 is 0 Å². The standard InChI is InChI=1S/C28H33FN2O3/c1-19-15-24(33-14-13-31(4)5)16-20(2)28(19)26-7-6-8-27(30-26)34-18-22-10-12-23(25(29)17-22)11-9-21(3)32/h6-8,10,12,15-17H,9,11,13-14,18H2,1-5H3. The zero-order valence-electron chi connectivity index (χ0n) is 20.7. The summed E-state index contributed by atoms with van der Waals surface area (Å²) in [5, 5.41) is 0. The van der Waals surface area contributed by atoms with Crippen molar-refractivity contribution in [1.29, 1.82) is 0 Å². The van der Waals surface area contributed by atoms with E-state index >= 15 is 0 Å². The van der Waals surface area contributed by atoms with Crippen LogP contribution in [0, 0.1) is 19.7 Å². The van der Waals surface area contributed by atoms with Crippen LogP contribution in [0.2, 0.25) is 0 Å². The lowest BCUT2D eigenvalue weighted by molar-refractivity contribution is -0.116. The summed E-state index contributed by atoms with van der Waals surface area (Å²) in [6.45, 7) is 7.30. The average Bonchev–Trinajstić information content (AvgIpc) is 2.76. The Labute approximate surface area is 201 Å². The quantitative estimate of drug-likeness (QED) is 0.373. The molecule has 0 saturated heterocycles. The molecule has 6 heteroatoms. The number of halogens is 1. The first-order valence-electron chi connectivity index (χ1n) is 11.5. The molecule has 0 fully saturated rings. The van der Waals surface area contributed by atoms with Gasteiger partial charge in [-0.3, -0.25) is 0 Å². The minimum absolute atomic E-state index is 0.0507. The Kier molecular flexibility index (Phi) is 8.77. The predicted molar refractivity (Wildman–Crippen MR) is 133 cm³/mol. The van der Waals surface area contributed by atoms with E-state index in [2.05, 4.69) is 9.88 Å². The minimum atomic E-state index is -0.316. The van der Waals surface area contributed by atoms with Gasteiger partial charge in [0.1, 0.15) is 30.6 Å². The molecule has 0 atom stereocenters. The third kappa shape index (κ3) is 7.12. The number of pyridine rings is 1. The average molecular weight is 465 g/mol. The molecule has 0 saturated carbocycles. The fourth-order valence-electron chi connectivity index (χ4n) is 3.74. The van der Waals surface area contributed by atoms with Crippen LogP contribution in [0.25, 0.3) is 11.3 Å². The molecule has 3 aromatic rings. The van der Waals surface area contributed by atoms with Crippen LogP contribution >= 0.6 is 0 Å². The van der Waals surface area contributed by atoms with Gasteiger partial charge in [-0.2, -0.15) is 0 Å². The van der Waals surface area contributed by atoms with Crippen molar-refractivity contribution in [2.24, 2.45) is 0 Å². The molecule has 0 radical (unpaired) electrons. The molecular weight excluding hydrogens is 431 g/mol. The predicted octanol–water partition coefficient (Wildman–Crippen LogP) is 5.55. The largest absolute Gasteiger partial charge is 0.492 e. The maximum atomic E-state index is 14.4. The molecule has 0 aliphatic carbocycles. The summed E-state index contributed by atoms with van der Waals surface area (Å²) in [6, 6.07) is 14.7. The van der Waals surface area contributed by atoms with Crippen molar-refractivity contribution < 1.29 is 18.7 Å². The molecule has 5 nitrogen and oxygen atoms in total. The normalized spacial score (nSPS) is 11.0. The number of nitrogens with zero attached hydrogens (tertiary/aromatic N) is 2. The van der Waals surface area contributed by atoms with Crippen molar-refractivity contribution >= 4 is 5.78 Å². The van der Waals surface area contributed by atoms with Gasteiger partial charge in [0.2, 0.25) is 5.88 Å². The highest BCUT2D eigenvalue weighted by Crippen LogP contribution is 2.31. The lowest BCUT2D eigenvalue weighted by Crippen LogP contribution is -2.19. The van der Waals surface area contributed by atoms with Gasteiger partial charge in [0, 0.05) is 24.6 Å². The van der Waals surface area contributed by atoms with E-state index in [1.807, 2.05) is 58.3 Å². The van der Waals surface area contributed by atoms with Crippen LogP contribution in [0.4, 0.5) is 4.39 Å². The topological polar surface area (TPSA) is 51.7 Å². The molecule has 180 valence electrons. The Morgan fingerprint density at radius 3 is 2.41 bits per heavy atom. The number of hydrogen-bond acceptors (Lipinski definition) is 5. The number of aromatic nitrogens is 1. The number of ether oxygens (including phenoxy) is 2. The number of ketones is 1. The highest BCUT2D eigenvalue weighted by atomic mass is 19.1. The van der Waals surface area contributed by atoms with E-state index in [0.717, 1.165) is 34.7 Å². The molecular formula is C28H33FN2O3. The molecule has 0 aliphatic rings. The summed E-state index contributed by atoms with van der Waals surface area (Å²) >= 11 is 0. The second-order valence-electron chi connectivity index (χ2n) is 8.86. The fourth-order valence-corrected chi connectivity index (χ4v) is 3.74. The molecule has 0 N–H and O–H groups in total. The van der Waals surface area contributed by atoms with E-state index in [1.165, 1.54) is 13.0 Å². The summed E-state index contributed by atoms with van der Waals surface area (Å²) in [5.41, 5.74) is 5.27. The van der Waals surface area contributed by atoms with Crippen molar-refractivity contribution in [2.75, 3.05) is 27.2 Å². The summed E-state index contributed by atoms with van der Waals surface area (Å²) in [6.07, 6.45) is 0.746. The number of rotatable bonds is 11. The van der Waals surface area contributed by atoms with Gasteiger partial charge in [0.05, 0.1) is 5.69 Å². The summed E-state index contributed by atoms with van der Waals surface area (Å²) < 4.78 is 26.1. The third-order valence-electron chi connectivity index (χ3n) is 5.54. The molecule has 2 aromatic carbocycles. The summed E-state index contributed by atoms with van der Waals surface area (Å²) in [5.74, 6) is 1.06. The van der Waals surface area contributed by atoms with Gasteiger partial charge in [0.25, 0.3) is 0 Å². The second-order valence-corrected chi connectivity index (χ2v) is 8.86. The highest BCUT2D eigenvalue weighted by molar-refractivity contribution is 5.75. The highest BCUT2D eigenvalue weighted by Gasteiger charge is 2.12. The van der Waals surface area contributed by atoms with E-state index in [9.17, 15) is 9.18 Å². The van der Waals surface area contributed by atoms with Gasteiger partial charge in [0.15, 0.2) is 0 Å². The monoisotopic (exact) mass is 464 g/mol. The van der Waals surface area contributed by atoms with Crippen molar-refractivity contribution in [3.63, 3.8) is 0 Å². The number of aryl methyl sites for hydroxylation is 3. The number of likely N-dealkylation sites (N-methyl/N-ethyl adjacent to an activating group) is 1. The number of carbonyl (C=O) groups excluding carboxylic acids is 1. The van der Waals surface area contributed by atoms with Crippen LogP contribution in [0.1, 0.15) is 35.6 Å². The molecule has 34 heavy (non-hydrogen) atoms. The van der Waals surface area contributed by atoms with Crippen LogP contribution in [0.15, 0.2) is 48.5 Å². The summed E-state index contributed by atoms with van der Waals surface area (Å²) in [7, 11) is 4.04. The Balaban J connectivity index is 1.69. The molecule has 1 aromatic heterocycles. The molecule has 0 amide bonds. The van der Waals surface area contributed by atoms with Crippen molar-refractivity contribution in [3.8, 4) is 22.9 Å². The zero-order chi connectivity index (χ0) is 24.7. The van der Waals surface area contributed by atoms with Crippen LogP contribution in [0.3, 0.4) is 0 Å². The number of benzene rings is 2. The lowest BCUT2D eigenvalue weighted by atomic mass is 9.99.